The zero-order valence-corrected chi connectivity index (χ0v) is 10.5. The van der Waals surface area contributed by atoms with Crippen molar-refractivity contribution in [3.8, 4) is 17.0 Å². The third kappa shape index (κ3) is 2.11. The second-order valence-electron chi connectivity index (χ2n) is 3.36. The van der Waals surface area contributed by atoms with Crippen LogP contribution in [-0.2, 0) is 0 Å². The van der Waals surface area contributed by atoms with Crippen molar-refractivity contribution < 1.29 is 4.74 Å². The molecule has 90 valence electrons. The standard InChI is InChI=1S/C10H10Cl2N4O/c1-17-9-3-6(11)5(2-7(9)12)8-4-16(14)10(13)15-8/h2-4H,14H2,1H3,(H2,13,15). The summed E-state index contributed by atoms with van der Waals surface area (Å²) in [4.78, 5) is 4.07. The smallest absolute Gasteiger partial charge is 0.219 e. The number of aromatic nitrogens is 2. The number of imidazole rings is 1. The second-order valence-corrected chi connectivity index (χ2v) is 4.17. The molecule has 0 unspecified atom stereocenters. The lowest BCUT2D eigenvalue weighted by molar-refractivity contribution is 0.415. The molecule has 0 aliphatic rings. The van der Waals surface area contributed by atoms with Crippen molar-refractivity contribution in [3.05, 3.63) is 28.4 Å². The maximum Gasteiger partial charge on any atom is 0.219 e. The van der Waals surface area contributed by atoms with Crippen LogP contribution in [0, 0.1) is 0 Å². The van der Waals surface area contributed by atoms with Gasteiger partial charge in [-0.1, -0.05) is 23.2 Å². The summed E-state index contributed by atoms with van der Waals surface area (Å²) >= 11 is 12.1. The SMILES string of the molecule is COc1cc(Cl)c(-c2cn(N)c(N)n2)cc1Cl. The normalized spacial score (nSPS) is 10.5. The molecular formula is C10H10Cl2N4O. The van der Waals surface area contributed by atoms with Crippen LogP contribution in [0.2, 0.25) is 10.0 Å². The van der Waals surface area contributed by atoms with Crippen LogP contribution in [0.3, 0.4) is 0 Å². The summed E-state index contributed by atoms with van der Waals surface area (Å²) in [5.41, 5.74) is 6.75. The molecule has 17 heavy (non-hydrogen) atoms. The molecule has 0 bridgehead atoms. The highest BCUT2D eigenvalue weighted by atomic mass is 35.5. The van der Waals surface area contributed by atoms with Crippen molar-refractivity contribution in [2.24, 2.45) is 0 Å². The summed E-state index contributed by atoms with van der Waals surface area (Å²) in [7, 11) is 1.52. The molecule has 0 aliphatic heterocycles. The molecule has 0 amide bonds. The van der Waals surface area contributed by atoms with Gasteiger partial charge in [-0.05, 0) is 6.07 Å². The molecule has 7 heteroatoms. The summed E-state index contributed by atoms with van der Waals surface area (Å²) in [6.45, 7) is 0. The average molecular weight is 273 g/mol. The van der Waals surface area contributed by atoms with Crippen molar-refractivity contribution >= 4 is 29.2 Å². The molecule has 0 aliphatic carbocycles. The molecule has 4 N–H and O–H groups in total. The molecule has 0 atom stereocenters. The number of nitrogens with two attached hydrogens (primary N) is 2. The quantitative estimate of drug-likeness (QED) is 0.822. The highest BCUT2D eigenvalue weighted by Crippen LogP contribution is 2.36. The van der Waals surface area contributed by atoms with Crippen molar-refractivity contribution in [2.45, 2.75) is 0 Å². The molecule has 0 saturated heterocycles. The van der Waals surface area contributed by atoms with E-state index in [9.17, 15) is 0 Å². The van der Waals surface area contributed by atoms with Crippen LogP contribution in [0.5, 0.6) is 5.75 Å². The number of ether oxygens (including phenoxy) is 1. The fourth-order valence-corrected chi connectivity index (χ4v) is 1.91. The molecule has 2 rings (SSSR count). The third-order valence-corrected chi connectivity index (χ3v) is 2.89. The summed E-state index contributed by atoms with van der Waals surface area (Å²) in [5, 5.41) is 0.904. The van der Waals surface area contributed by atoms with E-state index >= 15 is 0 Å². The van der Waals surface area contributed by atoms with Crippen molar-refractivity contribution in [1.82, 2.24) is 9.66 Å². The Hall–Kier alpha value is -1.59. The molecule has 1 aromatic carbocycles. The number of nitrogens with zero attached hydrogens (tertiary/aromatic N) is 2. The lowest BCUT2D eigenvalue weighted by Crippen LogP contribution is -2.09. The molecule has 0 radical (unpaired) electrons. The average Bonchev–Trinajstić information content (AvgIpc) is 2.61. The Balaban J connectivity index is 2.56. The Morgan fingerprint density at radius 3 is 2.53 bits per heavy atom. The zero-order valence-electron chi connectivity index (χ0n) is 8.95. The van der Waals surface area contributed by atoms with E-state index < -0.39 is 0 Å². The van der Waals surface area contributed by atoms with Crippen LogP contribution in [-0.4, -0.2) is 16.8 Å². The topological polar surface area (TPSA) is 79.1 Å². The molecule has 1 heterocycles. The van der Waals surface area contributed by atoms with Gasteiger partial charge in [0.25, 0.3) is 0 Å². The first-order valence-electron chi connectivity index (χ1n) is 4.66. The van der Waals surface area contributed by atoms with E-state index in [0.29, 0.717) is 27.1 Å². The first-order chi connectivity index (χ1) is 8.02. The van der Waals surface area contributed by atoms with Gasteiger partial charge < -0.3 is 16.3 Å². The first-order valence-corrected chi connectivity index (χ1v) is 5.42. The number of nitrogen functional groups attached to an aromatic ring is 2. The maximum atomic E-state index is 6.11. The van der Waals surface area contributed by atoms with Crippen LogP contribution < -0.4 is 16.3 Å². The molecule has 0 spiro atoms. The first kappa shape index (κ1) is 11.9. The number of rotatable bonds is 2. The van der Waals surface area contributed by atoms with Gasteiger partial charge in [-0.2, -0.15) is 0 Å². The van der Waals surface area contributed by atoms with Gasteiger partial charge in [0.2, 0.25) is 5.95 Å². The van der Waals surface area contributed by atoms with Gasteiger partial charge in [0.1, 0.15) is 5.75 Å². The van der Waals surface area contributed by atoms with Gasteiger partial charge in [-0.3, -0.25) is 0 Å². The van der Waals surface area contributed by atoms with Crippen molar-refractivity contribution in [2.75, 3.05) is 18.7 Å². The van der Waals surface area contributed by atoms with Crippen LogP contribution in [0.4, 0.5) is 5.95 Å². The van der Waals surface area contributed by atoms with Gasteiger partial charge in [-0.15, -0.1) is 0 Å². The monoisotopic (exact) mass is 272 g/mol. The molecule has 2 aromatic rings. The van der Waals surface area contributed by atoms with Crippen LogP contribution in [0.25, 0.3) is 11.3 Å². The third-order valence-electron chi connectivity index (χ3n) is 2.28. The van der Waals surface area contributed by atoms with E-state index in [4.69, 9.17) is 39.5 Å². The van der Waals surface area contributed by atoms with Gasteiger partial charge in [-0.25, -0.2) is 9.66 Å². The number of anilines is 1. The number of halogens is 2. The highest BCUT2D eigenvalue weighted by Gasteiger charge is 2.13. The fourth-order valence-electron chi connectivity index (χ4n) is 1.42. The Bertz CT molecular complexity index is 548. The predicted molar refractivity (Wildman–Crippen MR) is 68.8 cm³/mol. The van der Waals surface area contributed by atoms with Gasteiger partial charge >= 0.3 is 0 Å². The van der Waals surface area contributed by atoms with E-state index in [1.54, 1.807) is 18.3 Å². The number of hydrogen-bond acceptors (Lipinski definition) is 4. The minimum atomic E-state index is 0.197. The van der Waals surface area contributed by atoms with Crippen LogP contribution in [0.1, 0.15) is 0 Å². The van der Waals surface area contributed by atoms with E-state index in [0.717, 1.165) is 0 Å². The van der Waals surface area contributed by atoms with Gasteiger partial charge in [0, 0.05) is 11.6 Å². The zero-order chi connectivity index (χ0) is 12.6. The summed E-state index contributed by atoms with van der Waals surface area (Å²) in [5.74, 6) is 6.25. The van der Waals surface area contributed by atoms with Crippen LogP contribution >= 0.6 is 23.2 Å². The van der Waals surface area contributed by atoms with E-state index in [1.807, 2.05) is 0 Å². The molecule has 5 nitrogen and oxygen atoms in total. The van der Waals surface area contributed by atoms with Crippen molar-refractivity contribution in [1.29, 1.82) is 0 Å². The lowest BCUT2D eigenvalue weighted by Gasteiger charge is -2.06. The minimum absolute atomic E-state index is 0.197. The maximum absolute atomic E-state index is 6.11. The predicted octanol–water partition coefficient (Wildman–Crippen LogP) is 2.16. The van der Waals surface area contributed by atoms with Crippen molar-refractivity contribution in [3.63, 3.8) is 0 Å². The molecule has 1 aromatic heterocycles. The van der Waals surface area contributed by atoms with Gasteiger partial charge in [0.05, 0.1) is 29.0 Å². The minimum Gasteiger partial charge on any atom is -0.495 e. The van der Waals surface area contributed by atoms with E-state index in [1.165, 1.54) is 11.8 Å². The largest absolute Gasteiger partial charge is 0.495 e. The number of hydrogen-bond donors (Lipinski definition) is 2. The highest BCUT2D eigenvalue weighted by molar-refractivity contribution is 6.36. The Morgan fingerprint density at radius 1 is 1.29 bits per heavy atom. The van der Waals surface area contributed by atoms with Gasteiger partial charge in [0.15, 0.2) is 0 Å². The lowest BCUT2D eigenvalue weighted by atomic mass is 10.1. The summed E-state index contributed by atoms with van der Waals surface area (Å²) in [6.07, 6.45) is 1.57. The molecule has 0 saturated carbocycles. The number of benzene rings is 1. The fraction of sp³-hybridized carbons (Fsp3) is 0.100. The van der Waals surface area contributed by atoms with Crippen LogP contribution in [0.15, 0.2) is 18.3 Å². The Kier molecular flexibility index (Phi) is 3.04. The van der Waals surface area contributed by atoms with E-state index in [2.05, 4.69) is 4.98 Å². The Labute approximate surface area is 108 Å². The summed E-state index contributed by atoms with van der Waals surface area (Å²) < 4.78 is 6.27. The molecular weight excluding hydrogens is 263 g/mol. The second kappa shape index (κ2) is 4.35. The Morgan fingerprint density at radius 2 is 2.00 bits per heavy atom. The number of methoxy groups -OCH3 is 1. The summed E-state index contributed by atoms with van der Waals surface area (Å²) in [6, 6.07) is 3.27. The van der Waals surface area contributed by atoms with E-state index in [-0.39, 0.29) is 5.95 Å². The molecule has 0 fully saturated rings.